The predicted molar refractivity (Wildman–Crippen MR) is 97.2 cm³/mol. The predicted octanol–water partition coefficient (Wildman–Crippen LogP) is 4.09. The maximum absolute atomic E-state index is 10.9. The first-order chi connectivity index (χ1) is 11.2. The largest absolute Gasteiger partial charge is 0.372 e. The van der Waals surface area contributed by atoms with E-state index in [4.69, 9.17) is 4.55 Å². The molecule has 4 atom stereocenters. The first-order valence-electron chi connectivity index (χ1n) is 9.63. The number of rotatable bonds is 5. The smallest absolute Gasteiger partial charge is 0.264 e. The molecule has 1 heterocycles. The molecule has 1 aliphatic heterocycles. The molecule has 0 aromatic rings. The summed E-state index contributed by atoms with van der Waals surface area (Å²) in [6.45, 7) is 10.0. The van der Waals surface area contributed by atoms with E-state index in [0.29, 0.717) is 18.4 Å². The molecule has 1 saturated heterocycles. The Hall–Kier alpha value is -0.550. The number of allylic oxidation sites excluding steroid dienone is 1. The van der Waals surface area contributed by atoms with Crippen LogP contribution in [0.1, 0.15) is 65.2 Å². The van der Waals surface area contributed by atoms with Gasteiger partial charge >= 0.3 is 0 Å². The van der Waals surface area contributed by atoms with Gasteiger partial charge in [0.2, 0.25) is 0 Å². The molecule has 1 N–H and O–H groups in total. The number of hydrogen-bond donors (Lipinski definition) is 1. The quantitative estimate of drug-likeness (QED) is 0.596. The highest BCUT2D eigenvalue weighted by Gasteiger charge is 2.55. The second kappa shape index (κ2) is 6.64. The van der Waals surface area contributed by atoms with E-state index < -0.39 is 10.1 Å². The highest BCUT2D eigenvalue weighted by molar-refractivity contribution is 7.85. The maximum Gasteiger partial charge on any atom is 0.264 e. The lowest BCUT2D eigenvalue weighted by Crippen LogP contribution is -2.45. The lowest BCUT2D eigenvalue weighted by Gasteiger charge is -2.47. The Morgan fingerprint density at radius 2 is 1.88 bits per heavy atom. The third kappa shape index (κ3) is 3.39. The molecule has 0 spiro atoms. The zero-order valence-corrected chi connectivity index (χ0v) is 16.0. The van der Waals surface area contributed by atoms with E-state index in [1.165, 1.54) is 44.2 Å². The molecule has 0 aromatic carbocycles. The summed E-state index contributed by atoms with van der Waals surface area (Å²) in [6, 6.07) is 0.581. The van der Waals surface area contributed by atoms with Crippen molar-refractivity contribution in [1.82, 2.24) is 4.90 Å². The van der Waals surface area contributed by atoms with Gasteiger partial charge in [0.05, 0.1) is 5.75 Å². The van der Waals surface area contributed by atoms with Crippen LogP contribution in [0, 0.1) is 23.2 Å². The van der Waals surface area contributed by atoms with E-state index in [1.807, 2.05) is 0 Å². The van der Waals surface area contributed by atoms with Crippen LogP contribution >= 0.6 is 0 Å². The van der Waals surface area contributed by atoms with Crippen LogP contribution in [0.2, 0.25) is 0 Å². The van der Waals surface area contributed by atoms with Gasteiger partial charge in [-0.25, -0.2) is 0 Å². The standard InChI is InChI=1S/C19H33NO3S/c1-14-19(2,3)18-16-9-5-4-8-15(16)10-11-17(18)20(14)12-6-7-13-24(21,22)23/h15-18H,1,4-13H2,2-3H3,(H,21,22,23). The number of nitrogens with zero attached hydrogens (tertiary/aromatic N) is 1. The summed E-state index contributed by atoms with van der Waals surface area (Å²) < 4.78 is 30.7. The van der Waals surface area contributed by atoms with Crippen LogP contribution in [0.3, 0.4) is 0 Å². The molecule has 3 aliphatic rings. The minimum atomic E-state index is -3.84. The topological polar surface area (TPSA) is 57.6 Å². The van der Waals surface area contributed by atoms with Gasteiger partial charge in [0.1, 0.15) is 0 Å². The monoisotopic (exact) mass is 355 g/mol. The molecule has 5 heteroatoms. The summed E-state index contributed by atoms with van der Waals surface area (Å²) in [5, 5.41) is 0. The minimum absolute atomic E-state index is 0.129. The number of unbranched alkanes of at least 4 members (excludes halogenated alkanes) is 1. The Morgan fingerprint density at radius 1 is 1.17 bits per heavy atom. The lowest BCUT2D eigenvalue weighted by molar-refractivity contribution is 0.0292. The summed E-state index contributed by atoms with van der Waals surface area (Å²) in [5.74, 6) is 2.32. The van der Waals surface area contributed by atoms with E-state index in [1.54, 1.807) is 0 Å². The van der Waals surface area contributed by atoms with Gasteiger partial charge in [-0.15, -0.1) is 0 Å². The van der Waals surface area contributed by atoms with E-state index in [2.05, 4.69) is 25.3 Å². The first kappa shape index (κ1) is 18.2. The lowest BCUT2D eigenvalue weighted by atomic mass is 9.58. The van der Waals surface area contributed by atoms with Crippen molar-refractivity contribution in [3.8, 4) is 0 Å². The number of fused-ring (bicyclic) bond motifs is 3. The van der Waals surface area contributed by atoms with Crippen LogP contribution in [-0.2, 0) is 10.1 Å². The Morgan fingerprint density at radius 3 is 2.58 bits per heavy atom. The number of likely N-dealkylation sites (tertiary alicyclic amines) is 1. The summed E-state index contributed by atoms with van der Waals surface area (Å²) in [4.78, 5) is 2.49. The average molecular weight is 356 g/mol. The zero-order valence-electron chi connectivity index (χ0n) is 15.2. The molecule has 0 bridgehead atoms. The fraction of sp³-hybridized carbons (Fsp3) is 0.895. The Kier molecular flexibility index (Phi) is 5.05. The molecule has 24 heavy (non-hydrogen) atoms. The van der Waals surface area contributed by atoms with Crippen molar-refractivity contribution in [1.29, 1.82) is 0 Å². The van der Waals surface area contributed by atoms with Crippen LogP contribution in [0.5, 0.6) is 0 Å². The van der Waals surface area contributed by atoms with Gasteiger partial charge < -0.3 is 4.90 Å². The summed E-state index contributed by atoms with van der Waals surface area (Å²) >= 11 is 0. The van der Waals surface area contributed by atoms with Crippen molar-refractivity contribution in [2.75, 3.05) is 12.3 Å². The average Bonchev–Trinajstić information content (AvgIpc) is 2.71. The molecule has 0 amide bonds. The fourth-order valence-electron chi connectivity index (χ4n) is 5.91. The highest BCUT2D eigenvalue weighted by Crippen LogP contribution is 2.58. The van der Waals surface area contributed by atoms with Gasteiger partial charge in [-0.2, -0.15) is 8.42 Å². The normalized spacial score (nSPS) is 35.6. The second-order valence-corrected chi connectivity index (χ2v) is 10.3. The Bertz CT molecular complexity index is 583. The van der Waals surface area contributed by atoms with Crippen LogP contribution in [0.4, 0.5) is 0 Å². The van der Waals surface area contributed by atoms with Crippen LogP contribution in [0.25, 0.3) is 0 Å². The van der Waals surface area contributed by atoms with E-state index in [9.17, 15) is 8.42 Å². The van der Waals surface area contributed by atoms with Crippen LogP contribution in [0.15, 0.2) is 12.3 Å². The molecule has 2 aliphatic carbocycles. The Balaban J connectivity index is 1.69. The van der Waals surface area contributed by atoms with Gasteiger partial charge in [-0.1, -0.05) is 39.7 Å². The highest BCUT2D eigenvalue weighted by atomic mass is 32.2. The van der Waals surface area contributed by atoms with Gasteiger partial charge in [-0.05, 0) is 49.9 Å². The molecule has 138 valence electrons. The van der Waals surface area contributed by atoms with Crippen molar-refractivity contribution in [2.24, 2.45) is 23.2 Å². The van der Waals surface area contributed by atoms with Crippen molar-refractivity contribution in [3.63, 3.8) is 0 Å². The molecule has 3 rings (SSSR count). The van der Waals surface area contributed by atoms with Gasteiger partial charge in [0.15, 0.2) is 0 Å². The van der Waals surface area contributed by atoms with Crippen LogP contribution < -0.4 is 0 Å². The zero-order chi connectivity index (χ0) is 17.5. The molecule has 2 saturated carbocycles. The summed E-state index contributed by atoms with van der Waals surface area (Å²) in [7, 11) is -3.84. The molecule has 0 aromatic heterocycles. The fourth-order valence-corrected chi connectivity index (χ4v) is 6.48. The third-order valence-electron chi connectivity index (χ3n) is 7.05. The van der Waals surface area contributed by atoms with E-state index >= 15 is 0 Å². The van der Waals surface area contributed by atoms with Crippen molar-refractivity contribution < 1.29 is 13.0 Å². The van der Waals surface area contributed by atoms with Gasteiger partial charge in [0, 0.05) is 23.7 Å². The minimum Gasteiger partial charge on any atom is -0.372 e. The SMILES string of the molecule is C=C1N(CCCCS(=O)(=O)O)C2CCC3CCCCC3C2C1(C)C. The van der Waals surface area contributed by atoms with E-state index in [0.717, 1.165) is 24.8 Å². The van der Waals surface area contributed by atoms with Crippen molar-refractivity contribution >= 4 is 10.1 Å². The van der Waals surface area contributed by atoms with Crippen molar-refractivity contribution in [2.45, 2.75) is 71.3 Å². The molecule has 4 unspecified atom stereocenters. The Labute approximate surface area is 147 Å². The first-order valence-corrected chi connectivity index (χ1v) is 11.2. The van der Waals surface area contributed by atoms with Crippen LogP contribution in [-0.4, -0.2) is 36.2 Å². The molecule has 3 fully saturated rings. The second-order valence-electron chi connectivity index (χ2n) is 8.73. The van der Waals surface area contributed by atoms with E-state index in [-0.39, 0.29) is 11.2 Å². The molecule has 4 nitrogen and oxygen atoms in total. The van der Waals surface area contributed by atoms with Gasteiger partial charge in [-0.3, -0.25) is 4.55 Å². The molecular formula is C19H33NO3S. The molecule has 0 radical (unpaired) electrons. The number of hydrogen-bond acceptors (Lipinski definition) is 3. The van der Waals surface area contributed by atoms with Crippen molar-refractivity contribution in [3.05, 3.63) is 12.3 Å². The molecular weight excluding hydrogens is 322 g/mol. The summed E-state index contributed by atoms with van der Waals surface area (Å²) in [5.41, 5.74) is 1.39. The third-order valence-corrected chi connectivity index (χ3v) is 7.86. The summed E-state index contributed by atoms with van der Waals surface area (Å²) in [6.07, 6.45) is 9.48. The van der Waals surface area contributed by atoms with Gasteiger partial charge in [0.25, 0.3) is 10.1 Å². The maximum atomic E-state index is 10.9.